The van der Waals surface area contributed by atoms with E-state index in [2.05, 4.69) is 43.0 Å². The Hall–Kier alpha value is -2.34. The van der Waals surface area contributed by atoms with Crippen molar-refractivity contribution in [1.82, 2.24) is 9.88 Å². The van der Waals surface area contributed by atoms with Crippen molar-refractivity contribution in [3.63, 3.8) is 0 Å². The molecule has 3 heterocycles. The normalized spacial score (nSPS) is 20.1. The molecule has 1 unspecified atom stereocenters. The minimum absolute atomic E-state index is 0.169. The van der Waals surface area contributed by atoms with Gasteiger partial charge in [0.1, 0.15) is 16.6 Å². The lowest BCUT2D eigenvalue weighted by Gasteiger charge is -2.25. The lowest BCUT2D eigenvalue weighted by molar-refractivity contribution is 0.267. The topological polar surface area (TPSA) is 63.5 Å². The average molecular weight is 397 g/mol. The molecule has 0 amide bonds. The van der Waals surface area contributed by atoms with Gasteiger partial charge >= 0.3 is 0 Å². The Balaban J connectivity index is 1.56. The summed E-state index contributed by atoms with van der Waals surface area (Å²) in [5, 5.41) is 22.0. The molecule has 0 bridgehead atoms. The van der Waals surface area contributed by atoms with Crippen LogP contribution in [0.2, 0.25) is 0 Å². The predicted octanol–water partition coefficient (Wildman–Crippen LogP) is 5.02. The Kier molecular flexibility index (Phi) is 5.15. The van der Waals surface area contributed by atoms with Gasteiger partial charge in [0.15, 0.2) is 0 Å². The fraction of sp³-hybridized carbons (Fsp3) is 0.455. The Morgan fingerprint density at radius 1 is 1.21 bits per heavy atom. The molecule has 0 aliphatic carbocycles. The fourth-order valence-electron chi connectivity index (χ4n) is 4.01. The zero-order chi connectivity index (χ0) is 19.8. The van der Waals surface area contributed by atoms with Crippen molar-refractivity contribution in [3.05, 3.63) is 40.4 Å². The van der Waals surface area contributed by atoms with E-state index < -0.39 is 0 Å². The lowest BCUT2D eigenvalue weighted by Crippen LogP contribution is -2.36. The van der Waals surface area contributed by atoms with Gasteiger partial charge in [-0.15, -0.1) is 11.3 Å². The number of thiazole rings is 1. The molecule has 148 valence electrons. The first-order valence-electron chi connectivity index (χ1n) is 10.1. The Labute approximate surface area is 170 Å². The summed E-state index contributed by atoms with van der Waals surface area (Å²) in [6.45, 7) is 9.24. The summed E-state index contributed by atoms with van der Waals surface area (Å²) >= 11 is 1.49. The van der Waals surface area contributed by atoms with Crippen LogP contribution < -0.4 is 4.90 Å². The molecule has 4 rings (SSSR count). The minimum atomic E-state index is -0.169. The monoisotopic (exact) mass is 396 g/mol. The number of nitrogens with zero attached hydrogens (tertiary/aromatic N) is 3. The second-order valence-electron chi connectivity index (χ2n) is 8.11. The van der Waals surface area contributed by atoms with Crippen molar-refractivity contribution in [3.8, 4) is 11.3 Å². The first-order chi connectivity index (χ1) is 13.5. The van der Waals surface area contributed by atoms with Crippen molar-refractivity contribution < 1.29 is 5.11 Å². The highest BCUT2D eigenvalue weighted by molar-refractivity contribution is 7.11. The second-order valence-corrected chi connectivity index (χ2v) is 8.97. The zero-order valence-corrected chi connectivity index (χ0v) is 17.6. The van der Waals surface area contributed by atoms with E-state index in [4.69, 9.17) is 10.4 Å². The third kappa shape index (κ3) is 3.41. The van der Waals surface area contributed by atoms with E-state index in [1.807, 2.05) is 17.2 Å². The van der Waals surface area contributed by atoms with E-state index in [0.29, 0.717) is 17.3 Å². The van der Waals surface area contributed by atoms with Crippen LogP contribution >= 0.6 is 11.3 Å². The van der Waals surface area contributed by atoms with E-state index >= 15 is 0 Å². The number of hydrogen-bond acceptors (Lipinski definition) is 5. The molecule has 2 aliphatic heterocycles. The van der Waals surface area contributed by atoms with Gasteiger partial charge in [-0.3, -0.25) is 5.41 Å². The van der Waals surface area contributed by atoms with Gasteiger partial charge in [0.2, 0.25) is 0 Å². The largest absolute Gasteiger partial charge is 0.509 e. The molecular weight excluding hydrogens is 368 g/mol. The van der Waals surface area contributed by atoms with Crippen LogP contribution in [0, 0.1) is 11.3 Å². The maximum absolute atomic E-state index is 10.7. The Morgan fingerprint density at radius 3 is 2.54 bits per heavy atom. The molecule has 0 saturated carbocycles. The number of aliphatic hydroxyl groups excluding tert-OH is 1. The van der Waals surface area contributed by atoms with Gasteiger partial charge in [-0.2, -0.15) is 0 Å². The van der Waals surface area contributed by atoms with Crippen LogP contribution in [0.25, 0.3) is 16.8 Å². The van der Waals surface area contributed by atoms with E-state index in [1.54, 1.807) is 0 Å². The summed E-state index contributed by atoms with van der Waals surface area (Å²) in [6, 6.07) is 8.40. The second kappa shape index (κ2) is 7.59. The molecule has 2 N–H and O–H groups in total. The zero-order valence-electron chi connectivity index (χ0n) is 16.8. The molecule has 1 aromatic carbocycles. The third-order valence-corrected chi connectivity index (χ3v) is 6.42. The Morgan fingerprint density at radius 2 is 1.89 bits per heavy atom. The van der Waals surface area contributed by atoms with Crippen LogP contribution in [0.1, 0.15) is 38.6 Å². The number of aromatic nitrogens is 1. The molecule has 1 aromatic heterocycles. The standard InChI is InChI=1S/C22H28N4OS/c1-14(2)12-26-15(3)20(27)19(21(26)23)22-24-18(13-28-22)16-6-8-17(9-7-16)25-10-4-5-11-25/h6-9,13-15,23,27H,4-5,10-12H2,1-3H3. The summed E-state index contributed by atoms with van der Waals surface area (Å²) in [7, 11) is 0. The first kappa shape index (κ1) is 19.0. The van der Waals surface area contributed by atoms with E-state index in [-0.39, 0.29) is 11.8 Å². The van der Waals surface area contributed by atoms with Crippen LogP contribution in [0.3, 0.4) is 0 Å². The van der Waals surface area contributed by atoms with Crippen LogP contribution in [-0.4, -0.2) is 46.5 Å². The van der Waals surface area contributed by atoms with E-state index in [1.165, 1.54) is 29.9 Å². The van der Waals surface area contributed by atoms with Gasteiger partial charge in [-0.25, -0.2) is 4.98 Å². The van der Waals surface area contributed by atoms with Crippen molar-refractivity contribution >= 4 is 28.4 Å². The average Bonchev–Trinajstić information content (AvgIpc) is 3.41. The van der Waals surface area contributed by atoms with Gasteiger partial charge in [0.25, 0.3) is 0 Å². The molecular formula is C22H28N4OS. The number of amidine groups is 1. The summed E-state index contributed by atoms with van der Waals surface area (Å²) in [5.74, 6) is 1.07. The van der Waals surface area contributed by atoms with Crippen LogP contribution in [0.4, 0.5) is 5.69 Å². The quantitative estimate of drug-likeness (QED) is 0.745. The molecule has 6 heteroatoms. The van der Waals surface area contributed by atoms with E-state index in [0.717, 1.165) is 35.9 Å². The number of hydrogen-bond donors (Lipinski definition) is 2. The molecule has 1 saturated heterocycles. The molecule has 0 radical (unpaired) electrons. The minimum Gasteiger partial charge on any atom is -0.509 e. The number of anilines is 1. The number of benzene rings is 1. The number of nitrogens with one attached hydrogen (secondary N) is 1. The summed E-state index contributed by atoms with van der Waals surface area (Å²) < 4.78 is 0. The van der Waals surface area contributed by atoms with Crippen molar-refractivity contribution in [2.24, 2.45) is 5.92 Å². The Bertz CT molecular complexity index is 894. The molecule has 1 atom stereocenters. The van der Waals surface area contributed by atoms with Gasteiger partial charge in [0.05, 0.1) is 17.3 Å². The smallest absolute Gasteiger partial charge is 0.135 e. The molecule has 0 spiro atoms. The van der Waals surface area contributed by atoms with Crippen LogP contribution in [-0.2, 0) is 0 Å². The maximum Gasteiger partial charge on any atom is 0.135 e. The highest BCUT2D eigenvalue weighted by Gasteiger charge is 2.36. The van der Waals surface area contributed by atoms with Gasteiger partial charge < -0.3 is 14.9 Å². The molecule has 28 heavy (non-hydrogen) atoms. The fourth-order valence-corrected chi connectivity index (χ4v) is 4.89. The molecule has 5 nitrogen and oxygen atoms in total. The summed E-state index contributed by atoms with van der Waals surface area (Å²) in [4.78, 5) is 9.14. The number of aliphatic hydroxyl groups is 1. The highest BCUT2D eigenvalue weighted by atomic mass is 32.1. The SMILES string of the molecule is CC(C)CN1C(=N)C(c2nc(-c3ccc(N4CCCC4)cc3)cs2)=C(O)C1C. The van der Waals surface area contributed by atoms with Crippen molar-refractivity contribution in [2.45, 2.75) is 39.7 Å². The predicted molar refractivity (Wildman–Crippen MR) is 117 cm³/mol. The van der Waals surface area contributed by atoms with Gasteiger partial charge in [0, 0.05) is 36.3 Å². The van der Waals surface area contributed by atoms with Gasteiger partial charge in [-0.1, -0.05) is 26.0 Å². The molecule has 2 aliphatic rings. The maximum atomic E-state index is 10.7. The van der Waals surface area contributed by atoms with Crippen molar-refractivity contribution in [2.75, 3.05) is 24.5 Å². The third-order valence-electron chi connectivity index (χ3n) is 5.56. The summed E-state index contributed by atoms with van der Waals surface area (Å²) in [6.07, 6.45) is 2.54. The van der Waals surface area contributed by atoms with Gasteiger partial charge in [-0.05, 0) is 37.8 Å². The molecule has 2 aromatic rings. The lowest BCUT2D eigenvalue weighted by atomic mass is 10.1. The van der Waals surface area contributed by atoms with Crippen molar-refractivity contribution in [1.29, 1.82) is 5.41 Å². The first-order valence-corrected chi connectivity index (χ1v) is 10.9. The highest BCUT2D eigenvalue weighted by Crippen LogP contribution is 2.35. The summed E-state index contributed by atoms with van der Waals surface area (Å²) in [5.41, 5.74) is 3.82. The molecule has 1 fully saturated rings. The van der Waals surface area contributed by atoms with E-state index in [9.17, 15) is 5.11 Å². The number of rotatable bonds is 5. The van der Waals surface area contributed by atoms with Crippen LogP contribution in [0.15, 0.2) is 35.4 Å². The van der Waals surface area contributed by atoms with Crippen LogP contribution in [0.5, 0.6) is 0 Å².